The van der Waals surface area contributed by atoms with Crippen molar-refractivity contribution in [3.8, 4) is 0 Å². The smallest absolute Gasteiger partial charge is 0.335 e. The number of rotatable bonds is 5. The zero-order chi connectivity index (χ0) is 13.1. The monoisotopic (exact) mass is 299 g/mol. The zero-order valence-electron chi connectivity index (χ0n) is 10.4. The Kier molecular flexibility index (Phi) is 4.57. The first-order valence-corrected chi connectivity index (χ1v) is 6.41. The highest BCUT2D eigenvalue weighted by molar-refractivity contribution is 9.10. The van der Waals surface area contributed by atoms with Gasteiger partial charge in [-0.1, -0.05) is 36.7 Å². The van der Waals surface area contributed by atoms with Crippen molar-refractivity contribution in [2.24, 2.45) is 5.41 Å². The van der Waals surface area contributed by atoms with Crippen LogP contribution in [0.3, 0.4) is 0 Å². The van der Waals surface area contributed by atoms with Crippen molar-refractivity contribution in [3.63, 3.8) is 0 Å². The van der Waals surface area contributed by atoms with Gasteiger partial charge in [-0.2, -0.15) is 0 Å². The molecule has 1 rings (SSSR count). The lowest BCUT2D eigenvalue weighted by atomic mass is 9.90. The Bertz CT molecular complexity index is 416. The molecule has 0 amide bonds. The molecular weight excluding hydrogens is 282 g/mol. The summed E-state index contributed by atoms with van der Waals surface area (Å²) in [4.78, 5) is 10.9. The number of halogens is 1. The van der Waals surface area contributed by atoms with Gasteiger partial charge in [-0.3, -0.25) is 0 Å². The molecular formula is C13H18BrNO2. The van der Waals surface area contributed by atoms with Gasteiger partial charge in [0.15, 0.2) is 0 Å². The minimum Gasteiger partial charge on any atom is -0.478 e. The Morgan fingerprint density at radius 1 is 1.41 bits per heavy atom. The van der Waals surface area contributed by atoms with E-state index < -0.39 is 5.97 Å². The molecule has 0 spiro atoms. The van der Waals surface area contributed by atoms with Crippen LogP contribution < -0.4 is 5.32 Å². The fraction of sp³-hybridized carbons (Fsp3) is 0.462. The summed E-state index contributed by atoms with van der Waals surface area (Å²) in [5.41, 5.74) is 1.32. The lowest BCUT2D eigenvalue weighted by Gasteiger charge is -2.23. The lowest BCUT2D eigenvalue weighted by molar-refractivity contribution is 0.0697. The maximum atomic E-state index is 10.9. The van der Waals surface area contributed by atoms with Crippen LogP contribution in [0.1, 0.15) is 37.6 Å². The minimum absolute atomic E-state index is 0.200. The second-order valence-corrected chi connectivity index (χ2v) is 5.82. The van der Waals surface area contributed by atoms with Crippen LogP contribution in [0.2, 0.25) is 0 Å². The topological polar surface area (TPSA) is 49.3 Å². The van der Waals surface area contributed by atoms with Gasteiger partial charge in [-0.15, -0.1) is 0 Å². The summed E-state index contributed by atoms with van der Waals surface area (Å²) in [6.45, 7) is 7.32. The molecule has 0 unspecified atom stereocenters. The molecule has 0 aliphatic carbocycles. The first kappa shape index (κ1) is 14.0. The zero-order valence-corrected chi connectivity index (χ0v) is 12.0. The molecule has 17 heavy (non-hydrogen) atoms. The van der Waals surface area contributed by atoms with E-state index in [1.165, 1.54) is 0 Å². The second-order valence-electron chi connectivity index (χ2n) is 4.91. The fourth-order valence-corrected chi connectivity index (χ4v) is 1.77. The summed E-state index contributed by atoms with van der Waals surface area (Å²) in [5.74, 6) is -0.913. The van der Waals surface area contributed by atoms with Crippen LogP contribution in [0, 0.1) is 5.41 Å². The molecule has 2 N–H and O–H groups in total. The molecule has 94 valence electrons. The van der Waals surface area contributed by atoms with Crippen LogP contribution in [0.5, 0.6) is 0 Å². The molecule has 1 aromatic carbocycles. The highest BCUT2D eigenvalue weighted by atomic mass is 79.9. The number of carbonyl (C=O) groups is 1. The maximum Gasteiger partial charge on any atom is 0.335 e. The minimum atomic E-state index is -0.913. The number of anilines is 1. The summed E-state index contributed by atoms with van der Waals surface area (Å²) in [7, 11) is 0. The van der Waals surface area contributed by atoms with Crippen molar-refractivity contribution < 1.29 is 9.90 Å². The van der Waals surface area contributed by atoms with Crippen molar-refractivity contribution in [2.75, 3.05) is 11.9 Å². The van der Waals surface area contributed by atoms with Gasteiger partial charge < -0.3 is 10.4 Å². The normalized spacial score (nSPS) is 11.3. The van der Waals surface area contributed by atoms with Crippen LogP contribution >= 0.6 is 15.9 Å². The van der Waals surface area contributed by atoms with E-state index in [1.54, 1.807) is 12.1 Å². The molecule has 0 aliphatic heterocycles. The van der Waals surface area contributed by atoms with E-state index in [0.717, 1.165) is 23.1 Å². The highest BCUT2D eigenvalue weighted by Crippen LogP contribution is 2.23. The second kappa shape index (κ2) is 5.54. The molecule has 0 aliphatic rings. The Balaban J connectivity index is 2.81. The quantitative estimate of drug-likeness (QED) is 0.864. The molecule has 0 bridgehead atoms. The van der Waals surface area contributed by atoms with E-state index in [9.17, 15) is 4.79 Å². The van der Waals surface area contributed by atoms with E-state index in [1.807, 2.05) is 6.07 Å². The molecule has 0 saturated heterocycles. The molecule has 0 radical (unpaired) electrons. The van der Waals surface area contributed by atoms with E-state index in [2.05, 4.69) is 42.0 Å². The van der Waals surface area contributed by atoms with E-state index in [-0.39, 0.29) is 11.0 Å². The first-order valence-electron chi connectivity index (χ1n) is 5.62. The van der Waals surface area contributed by atoms with Gasteiger partial charge >= 0.3 is 5.97 Å². The molecule has 3 nitrogen and oxygen atoms in total. The fourth-order valence-electron chi connectivity index (χ4n) is 1.28. The van der Waals surface area contributed by atoms with Gasteiger partial charge in [0, 0.05) is 16.7 Å². The SMILES string of the molecule is CCC(C)(C)CNc1cc(Br)cc(C(=O)O)c1. The molecule has 1 aromatic rings. The average molecular weight is 300 g/mol. The first-order chi connectivity index (χ1) is 7.84. The van der Waals surface area contributed by atoms with Crippen molar-refractivity contribution in [3.05, 3.63) is 28.2 Å². The van der Waals surface area contributed by atoms with Crippen molar-refractivity contribution in [1.82, 2.24) is 0 Å². The van der Waals surface area contributed by atoms with Crippen LogP contribution in [0.4, 0.5) is 5.69 Å². The standard InChI is InChI=1S/C13H18BrNO2/c1-4-13(2,3)8-15-11-6-9(12(16)17)5-10(14)7-11/h5-7,15H,4,8H2,1-3H3,(H,16,17). The highest BCUT2D eigenvalue weighted by Gasteiger charge is 2.15. The predicted molar refractivity (Wildman–Crippen MR) is 73.7 cm³/mol. The third-order valence-electron chi connectivity index (χ3n) is 2.87. The van der Waals surface area contributed by atoms with Gasteiger partial charge in [-0.25, -0.2) is 4.79 Å². The molecule has 4 heteroatoms. The summed E-state index contributed by atoms with van der Waals surface area (Å²) in [6.07, 6.45) is 1.07. The van der Waals surface area contributed by atoms with Crippen LogP contribution in [0.15, 0.2) is 22.7 Å². The summed E-state index contributed by atoms with van der Waals surface area (Å²) >= 11 is 3.32. The van der Waals surface area contributed by atoms with Crippen LogP contribution in [0.25, 0.3) is 0 Å². The van der Waals surface area contributed by atoms with Crippen molar-refractivity contribution >= 4 is 27.6 Å². The number of aromatic carboxylic acids is 1. The number of benzene rings is 1. The van der Waals surface area contributed by atoms with Crippen LogP contribution in [-0.2, 0) is 0 Å². The van der Waals surface area contributed by atoms with E-state index in [0.29, 0.717) is 0 Å². The van der Waals surface area contributed by atoms with Gasteiger partial charge in [0.1, 0.15) is 0 Å². The summed E-state index contributed by atoms with van der Waals surface area (Å²) in [6, 6.07) is 5.13. The largest absolute Gasteiger partial charge is 0.478 e. The number of nitrogens with one attached hydrogen (secondary N) is 1. The number of carboxylic acids is 1. The predicted octanol–water partition coefficient (Wildman–Crippen LogP) is 4.00. The summed E-state index contributed by atoms with van der Waals surface area (Å²) < 4.78 is 0.772. The number of hydrogen-bond donors (Lipinski definition) is 2. The number of carboxylic acid groups (broad SMARTS) is 1. The molecule has 0 saturated carbocycles. The van der Waals surface area contributed by atoms with Crippen LogP contribution in [-0.4, -0.2) is 17.6 Å². The van der Waals surface area contributed by atoms with Gasteiger partial charge in [0.05, 0.1) is 5.56 Å². The maximum absolute atomic E-state index is 10.9. The van der Waals surface area contributed by atoms with Crippen molar-refractivity contribution in [1.29, 1.82) is 0 Å². The molecule has 0 atom stereocenters. The molecule has 0 aromatic heterocycles. The summed E-state index contributed by atoms with van der Waals surface area (Å²) in [5, 5.41) is 12.2. The number of hydrogen-bond acceptors (Lipinski definition) is 2. The van der Waals surface area contributed by atoms with Gasteiger partial charge in [-0.05, 0) is 30.0 Å². The average Bonchev–Trinajstić information content (AvgIpc) is 2.26. The Morgan fingerprint density at radius 2 is 2.06 bits per heavy atom. The molecule has 0 heterocycles. The Morgan fingerprint density at radius 3 is 2.59 bits per heavy atom. The Labute approximate surface area is 110 Å². The van der Waals surface area contributed by atoms with Gasteiger partial charge in [0.25, 0.3) is 0 Å². The Hall–Kier alpha value is -1.03. The van der Waals surface area contributed by atoms with Crippen molar-refractivity contribution in [2.45, 2.75) is 27.2 Å². The lowest BCUT2D eigenvalue weighted by Crippen LogP contribution is -2.22. The van der Waals surface area contributed by atoms with E-state index in [4.69, 9.17) is 5.11 Å². The third kappa shape index (κ3) is 4.38. The third-order valence-corrected chi connectivity index (χ3v) is 3.33. The van der Waals surface area contributed by atoms with E-state index >= 15 is 0 Å². The van der Waals surface area contributed by atoms with Gasteiger partial charge in [0.2, 0.25) is 0 Å². The molecule has 0 fully saturated rings.